The predicted octanol–water partition coefficient (Wildman–Crippen LogP) is 3.43. The average molecular weight is 332 g/mol. The molecule has 0 N–H and O–H groups in total. The van der Waals surface area contributed by atoms with E-state index in [0.29, 0.717) is 0 Å². The Kier molecular flexibility index (Phi) is 4.71. The Bertz CT molecular complexity index is 897. The second kappa shape index (κ2) is 6.71. The molecule has 0 atom stereocenters. The minimum atomic E-state index is -1.74. The van der Waals surface area contributed by atoms with Gasteiger partial charge in [0.2, 0.25) is 11.6 Å². The molecule has 0 radical (unpaired) electrons. The third kappa shape index (κ3) is 2.85. The normalized spacial score (nSPS) is 9.75. The van der Waals surface area contributed by atoms with E-state index in [4.69, 9.17) is 15.3 Å². The van der Waals surface area contributed by atoms with Crippen molar-refractivity contribution in [3.63, 3.8) is 0 Å². The molecule has 24 heavy (non-hydrogen) atoms. The molecule has 0 aliphatic rings. The van der Waals surface area contributed by atoms with Crippen LogP contribution >= 0.6 is 0 Å². The Morgan fingerprint density at radius 1 is 0.958 bits per heavy atom. The van der Waals surface area contributed by atoms with Gasteiger partial charge in [0.05, 0.1) is 12.7 Å². The minimum absolute atomic E-state index is 0.117. The summed E-state index contributed by atoms with van der Waals surface area (Å²) >= 11 is 0. The monoisotopic (exact) mass is 332 g/mol. The molecule has 2 rings (SSSR count). The van der Waals surface area contributed by atoms with Gasteiger partial charge in [-0.15, -0.1) is 0 Å². The maximum Gasteiger partial charge on any atom is 0.337 e. The second-order valence-corrected chi connectivity index (χ2v) is 4.36. The third-order valence-electron chi connectivity index (χ3n) is 3.00. The number of hydrogen-bond donors (Lipinski definition) is 0. The first kappa shape index (κ1) is 16.8. The number of rotatable bonds is 3. The molecule has 0 amide bonds. The van der Waals surface area contributed by atoms with Crippen molar-refractivity contribution in [2.75, 3.05) is 7.11 Å². The number of carbonyl (C=O) groups is 1. The molecular weight excluding hydrogens is 325 g/mol. The standard InChI is InChI=1S/C16H7F3N2O3/c1-23-16(22)8-2-4-9(5-3-8)24-15-13(18)11(7-21)10(6-20)12(17)14(15)19/h2-5H,1H3. The molecule has 120 valence electrons. The molecule has 2 aromatic rings. The summed E-state index contributed by atoms with van der Waals surface area (Å²) < 4.78 is 51.2. The maximum absolute atomic E-state index is 14.1. The first-order chi connectivity index (χ1) is 11.4. The largest absolute Gasteiger partial charge is 0.465 e. The van der Waals surface area contributed by atoms with E-state index in [1.807, 2.05) is 0 Å². The first-order valence-electron chi connectivity index (χ1n) is 6.31. The average Bonchev–Trinajstić information content (AvgIpc) is 2.61. The fraction of sp³-hybridized carbons (Fsp3) is 0.0625. The number of methoxy groups -OCH3 is 1. The van der Waals surface area contributed by atoms with Gasteiger partial charge in [-0.25, -0.2) is 13.6 Å². The summed E-state index contributed by atoms with van der Waals surface area (Å²) in [5.74, 6) is -6.82. The van der Waals surface area contributed by atoms with Crippen molar-refractivity contribution in [2.24, 2.45) is 0 Å². The lowest BCUT2D eigenvalue weighted by molar-refractivity contribution is 0.0600. The van der Waals surface area contributed by atoms with E-state index in [1.54, 1.807) is 0 Å². The summed E-state index contributed by atoms with van der Waals surface area (Å²) in [5.41, 5.74) is -1.84. The van der Waals surface area contributed by atoms with Crippen molar-refractivity contribution < 1.29 is 27.4 Å². The Hall–Kier alpha value is -3.52. The predicted molar refractivity (Wildman–Crippen MR) is 73.6 cm³/mol. The number of nitriles is 2. The van der Waals surface area contributed by atoms with Crippen molar-refractivity contribution in [3.05, 3.63) is 58.4 Å². The van der Waals surface area contributed by atoms with E-state index >= 15 is 0 Å². The molecule has 0 aliphatic carbocycles. The third-order valence-corrected chi connectivity index (χ3v) is 3.00. The van der Waals surface area contributed by atoms with Crippen LogP contribution in [-0.4, -0.2) is 13.1 Å². The van der Waals surface area contributed by atoms with Crippen LogP contribution in [0.1, 0.15) is 21.5 Å². The highest BCUT2D eigenvalue weighted by Gasteiger charge is 2.27. The Morgan fingerprint density at radius 3 is 2.00 bits per heavy atom. The van der Waals surface area contributed by atoms with Crippen LogP contribution in [0.15, 0.2) is 24.3 Å². The topological polar surface area (TPSA) is 83.1 Å². The van der Waals surface area contributed by atoms with E-state index in [-0.39, 0.29) is 11.3 Å². The van der Waals surface area contributed by atoms with E-state index in [1.165, 1.54) is 43.5 Å². The zero-order chi connectivity index (χ0) is 17.9. The second-order valence-electron chi connectivity index (χ2n) is 4.36. The summed E-state index contributed by atoms with van der Waals surface area (Å²) in [5, 5.41) is 17.5. The molecule has 0 spiro atoms. The van der Waals surface area contributed by atoms with Gasteiger partial charge in [0.1, 0.15) is 29.0 Å². The maximum atomic E-state index is 14.1. The smallest absolute Gasteiger partial charge is 0.337 e. The summed E-state index contributed by atoms with van der Waals surface area (Å²) in [7, 11) is 1.18. The number of esters is 1. The molecule has 0 saturated carbocycles. The van der Waals surface area contributed by atoms with Crippen molar-refractivity contribution in [1.29, 1.82) is 10.5 Å². The van der Waals surface area contributed by atoms with Crippen molar-refractivity contribution in [1.82, 2.24) is 0 Å². The zero-order valence-electron chi connectivity index (χ0n) is 12.1. The van der Waals surface area contributed by atoms with Crippen LogP contribution in [0.4, 0.5) is 13.2 Å². The van der Waals surface area contributed by atoms with E-state index in [0.717, 1.165) is 0 Å². The van der Waals surface area contributed by atoms with Crippen LogP contribution in [0.5, 0.6) is 11.5 Å². The molecular formula is C16H7F3N2O3. The number of carbonyl (C=O) groups excluding carboxylic acids is 1. The van der Waals surface area contributed by atoms with Crippen LogP contribution in [-0.2, 0) is 4.74 Å². The molecule has 0 unspecified atom stereocenters. The van der Waals surface area contributed by atoms with Gasteiger partial charge in [-0.3, -0.25) is 0 Å². The van der Waals surface area contributed by atoms with Crippen LogP contribution in [0.2, 0.25) is 0 Å². The van der Waals surface area contributed by atoms with Gasteiger partial charge in [-0.05, 0) is 24.3 Å². The number of benzene rings is 2. The van der Waals surface area contributed by atoms with Crippen molar-refractivity contribution in [3.8, 4) is 23.6 Å². The van der Waals surface area contributed by atoms with Crippen molar-refractivity contribution >= 4 is 5.97 Å². The van der Waals surface area contributed by atoms with Crippen LogP contribution in [0.25, 0.3) is 0 Å². The van der Waals surface area contributed by atoms with Crippen LogP contribution < -0.4 is 4.74 Å². The fourth-order valence-corrected chi connectivity index (χ4v) is 1.83. The highest BCUT2D eigenvalue weighted by Crippen LogP contribution is 2.33. The Balaban J connectivity index is 2.48. The van der Waals surface area contributed by atoms with Gasteiger partial charge < -0.3 is 9.47 Å². The number of ether oxygens (including phenoxy) is 2. The lowest BCUT2D eigenvalue weighted by atomic mass is 10.1. The summed E-state index contributed by atoms with van der Waals surface area (Å²) in [6, 6.07) is 7.46. The van der Waals surface area contributed by atoms with Gasteiger partial charge >= 0.3 is 5.97 Å². The first-order valence-corrected chi connectivity index (χ1v) is 6.31. The molecule has 2 aromatic carbocycles. The minimum Gasteiger partial charge on any atom is -0.465 e. The van der Waals surface area contributed by atoms with Gasteiger partial charge in [0.25, 0.3) is 0 Å². The van der Waals surface area contributed by atoms with Gasteiger partial charge in [0.15, 0.2) is 11.6 Å². The van der Waals surface area contributed by atoms with E-state index < -0.39 is 40.3 Å². The van der Waals surface area contributed by atoms with Gasteiger partial charge in [-0.2, -0.15) is 14.9 Å². The van der Waals surface area contributed by atoms with Crippen LogP contribution in [0, 0.1) is 40.1 Å². The molecule has 0 fully saturated rings. The summed E-state index contributed by atoms with van der Waals surface area (Å²) in [6.45, 7) is 0. The molecule has 5 nitrogen and oxygen atoms in total. The Labute approximate surface area is 134 Å². The Morgan fingerprint density at radius 2 is 1.50 bits per heavy atom. The number of halogens is 3. The molecule has 0 saturated heterocycles. The van der Waals surface area contributed by atoms with Crippen LogP contribution in [0.3, 0.4) is 0 Å². The highest BCUT2D eigenvalue weighted by atomic mass is 19.2. The van der Waals surface area contributed by atoms with E-state index in [9.17, 15) is 18.0 Å². The van der Waals surface area contributed by atoms with Gasteiger partial charge in [0, 0.05) is 0 Å². The van der Waals surface area contributed by atoms with Crippen molar-refractivity contribution in [2.45, 2.75) is 0 Å². The molecule has 0 bridgehead atoms. The molecule has 0 heterocycles. The zero-order valence-corrected chi connectivity index (χ0v) is 12.1. The lowest BCUT2D eigenvalue weighted by Crippen LogP contribution is -2.04. The molecule has 8 heteroatoms. The number of nitrogens with zero attached hydrogens (tertiary/aromatic N) is 2. The summed E-state index contributed by atoms with van der Waals surface area (Å²) in [4.78, 5) is 11.3. The summed E-state index contributed by atoms with van der Waals surface area (Å²) in [6.07, 6.45) is 0. The molecule has 0 aliphatic heterocycles. The van der Waals surface area contributed by atoms with Gasteiger partial charge in [-0.1, -0.05) is 0 Å². The lowest BCUT2D eigenvalue weighted by Gasteiger charge is -2.11. The number of hydrogen-bond acceptors (Lipinski definition) is 5. The highest BCUT2D eigenvalue weighted by molar-refractivity contribution is 5.89. The SMILES string of the molecule is COC(=O)c1ccc(Oc2c(F)c(F)c(C#N)c(C#N)c2F)cc1. The van der Waals surface area contributed by atoms with E-state index in [2.05, 4.69) is 4.74 Å². The quantitative estimate of drug-likeness (QED) is 0.635. The fourth-order valence-electron chi connectivity index (χ4n) is 1.83. The molecule has 0 aromatic heterocycles.